The standard InChI is InChI=1S/C14H9N5OS/c1-2-4-10(5-3-1)20-12-6-7-15-8-11(12)13-18-19-9-16-17-14(19)21-13/h1-9H. The maximum Gasteiger partial charge on any atom is 0.234 e. The fourth-order valence-corrected chi connectivity index (χ4v) is 2.75. The number of hydrogen-bond donors (Lipinski definition) is 0. The van der Waals surface area contributed by atoms with Gasteiger partial charge in [0.1, 0.15) is 17.8 Å². The Morgan fingerprint density at radius 2 is 2.00 bits per heavy atom. The molecule has 0 saturated heterocycles. The molecule has 0 amide bonds. The molecule has 3 aromatic heterocycles. The average Bonchev–Trinajstić information content (AvgIpc) is 3.10. The third-order valence-corrected chi connectivity index (χ3v) is 3.82. The lowest BCUT2D eigenvalue weighted by Gasteiger charge is -2.08. The summed E-state index contributed by atoms with van der Waals surface area (Å²) in [4.78, 5) is 4.89. The molecule has 0 bridgehead atoms. The molecule has 0 spiro atoms. The van der Waals surface area contributed by atoms with E-state index in [0.29, 0.717) is 5.75 Å². The molecule has 102 valence electrons. The molecular formula is C14H9N5OS. The van der Waals surface area contributed by atoms with E-state index < -0.39 is 0 Å². The Morgan fingerprint density at radius 1 is 1.10 bits per heavy atom. The molecular weight excluding hydrogens is 286 g/mol. The van der Waals surface area contributed by atoms with Gasteiger partial charge in [0.05, 0.1) is 5.56 Å². The Balaban J connectivity index is 1.77. The summed E-state index contributed by atoms with van der Waals surface area (Å²) in [6, 6.07) is 11.4. The topological polar surface area (TPSA) is 65.2 Å². The van der Waals surface area contributed by atoms with Crippen molar-refractivity contribution in [1.82, 2.24) is 24.8 Å². The number of rotatable bonds is 3. The van der Waals surface area contributed by atoms with Gasteiger partial charge in [0.15, 0.2) is 5.01 Å². The third-order valence-electron chi connectivity index (χ3n) is 2.87. The summed E-state index contributed by atoms with van der Waals surface area (Å²) in [5.74, 6) is 1.48. The molecule has 0 aliphatic heterocycles. The van der Waals surface area contributed by atoms with E-state index in [9.17, 15) is 0 Å². The highest BCUT2D eigenvalue weighted by Gasteiger charge is 2.13. The number of fused-ring (bicyclic) bond motifs is 1. The maximum absolute atomic E-state index is 5.92. The summed E-state index contributed by atoms with van der Waals surface area (Å²) in [5.41, 5.74) is 0.830. The smallest absolute Gasteiger partial charge is 0.234 e. The van der Waals surface area contributed by atoms with Crippen LogP contribution in [0.5, 0.6) is 11.5 Å². The van der Waals surface area contributed by atoms with Gasteiger partial charge in [-0.25, -0.2) is 0 Å². The predicted octanol–water partition coefficient (Wildman–Crippen LogP) is 3.04. The second-order valence-corrected chi connectivity index (χ2v) is 5.21. The van der Waals surface area contributed by atoms with Gasteiger partial charge in [-0.05, 0) is 18.2 Å². The van der Waals surface area contributed by atoms with Crippen LogP contribution in [0.2, 0.25) is 0 Å². The lowest BCUT2D eigenvalue weighted by atomic mass is 10.2. The van der Waals surface area contributed by atoms with E-state index in [-0.39, 0.29) is 0 Å². The first-order valence-corrected chi connectivity index (χ1v) is 7.06. The van der Waals surface area contributed by atoms with Crippen LogP contribution in [0, 0.1) is 0 Å². The minimum absolute atomic E-state index is 0.709. The van der Waals surface area contributed by atoms with Gasteiger partial charge in [0.2, 0.25) is 4.96 Å². The SMILES string of the molecule is c1ccc(Oc2ccncc2-c2nn3cnnc3s2)cc1. The summed E-state index contributed by atoms with van der Waals surface area (Å²) >= 11 is 1.44. The molecule has 0 saturated carbocycles. The van der Waals surface area contributed by atoms with Gasteiger partial charge in [0, 0.05) is 12.4 Å². The first-order valence-electron chi connectivity index (χ1n) is 6.24. The van der Waals surface area contributed by atoms with E-state index in [1.54, 1.807) is 23.2 Å². The lowest BCUT2D eigenvalue weighted by molar-refractivity contribution is 0.483. The van der Waals surface area contributed by atoms with Crippen LogP contribution < -0.4 is 4.74 Å². The largest absolute Gasteiger partial charge is 0.457 e. The van der Waals surface area contributed by atoms with Crippen LogP contribution >= 0.6 is 11.3 Å². The summed E-state index contributed by atoms with van der Waals surface area (Å²) in [6.07, 6.45) is 5.01. The van der Waals surface area contributed by atoms with Gasteiger partial charge in [-0.15, -0.1) is 10.2 Å². The molecule has 4 aromatic rings. The molecule has 0 fully saturated rings. The summed E-state index contributed by atoms with van der Waals surface area (Å²) in [5, 5.41) is 13.0. The molecule has 6 nitrogen and oxygen atoms in total. The van der Waals surface area contributed by atoms with E-state index >= 15 is 0 Å². The second-order valence-electron chi connectivity index (χ2n) is 4.25. The van der Waals surface area contributed by atoms with Gasteiger partial charge < -0.3 is 4.74 Å². The van der Waals surface area contributed by atoms with Crippen LogP contribution in [0.25, 0.3) is 15.5 Å². The van der Waals surface area contributed by atoms with E-state index in [2.05, 4.69) is 20.3 Å². The molecule has 7 heteroatoms. The monoisotopic (exact) mass is 295 g/mol. The van der Waals surface area contributed by atoms with Gasteiger partial charge in [0.25, 0.3) is 0 Å². The highest BCUT2D eigenvalue weighted by Crippen LogP contribution is 2.34. The number of para-hydroxylation sites is 1. The van der Waals surface area contributed by atoms with Gasteiger partial charge in [-0.3, -0.25) is 4.98 Å². The highest BCUT2D eigenvalue weighted by atomic mass is 32.1. The predicted molar refractivity (Wildman–Crippen MR) is 78.4 cm³/mol. The zero-order valence-corrected chi connectivity index (χ0v) is 11.6. The molecule has 0 N–H and O–H groups in total. The van der Waals surface area contributed by atoms with Crippen molar-refractivity contribution in [3.63, 3.8) is 0 Å². The number of hydrogen-bond acceptors (Lipinski definition) is 6. The van der Waals surface area contributed by atoms with E-state index in [0.717, 1.165) is 21.3 Å². The number of benzene rings is 1. The quantitative estimate of drug-likeness (QED) is 0.581. The zero-order chi connectivity index (χ0) is 14.1. The molecule has 0 atom stereocenters. The number of ether oxygens (including phenoxy) is 1. The van der Waals surface area contributed by atoms with Gasteiger partial charge >= 0.3 is 0 Å². The van der Waals surface area contributed by atoms with Gasteiger partial charge in [-0.2, -0.15) is 9.61 Å². The molecule has 0 radical (unpaired) electrons. The summed E-state index contributed by atoms with van der Waals surface area (Å²) in [7, 11) is 0. The Morgan fingerprint density at radius 3 is 2.86 bits per heavy atom. The molecule has 4 rings (SSSR count). The Bertz CT molecular complexity index is 858. The van der Waals surface area contributed by atoms with Crippen LogP contribution in [-0.4, -0.2) is 24.8 Å². The Hall–Kier alpha value is -2.80. The number of aromatic nitrogens is 5. The van der Waals surface area contributed by atoms with Crippen LogP contribution in [0.15, 0.2) is 55.1 Å². The summed E-state index contributed by atoms with van der Waals surface area (Å²) < 4.78 is 7.56. The fourth-order valence-electron chi connectivity index (χ4n) is 1.92. The third kappa shape index (κ3) is 2.23. The first kappa shape index (κ1) is 12.0. The minimum Gasteiger partial charge on any atom is -0.457 e. The van der Waals surface area contributed by atoms with E-state index in [1.165, 1.54) is 11.3 Å². The van der Waals surface area contributed by atoms with Crippen molar-refractivity contribution in [2.45, 2.75) is 0 Å². The molecule has 21 heavy (non-hydrogen) atoms. The molecule has 3 heterocycles. The fraction of sp³-hybridized carbons (Fsp3) is 0. The highest BCUT2D eigenvalue weighted by molar-refractivity contribution is 7.19. The van der Waals surface area contributed by atoms with Crippen LogP contribution in [-0.2, 0) is 0 Å². The number of nitrogens with zero attached hydrogens (tertiary/aromatic N) is 5. The zero-order valence-electron chi connectivity index (χ0n) is 10.7. The van der Waals surface area contributed by atoms with Crippen LogP contribution in [0.4, 0.5) is 0 Å². The molecule has 0 unspecified atom stereocenters. The van der Waals surface area contributed by atoms with Crippen molar-refractivity contribution in [2.24, 2.45) is 0 Å². The van der Waals surface area contributed by atoms with Crippen LogP contribution in [0.1, 0.15) is 0 Å². The first-order chi connectivity index (χ1) is 10.4. The van der Waals surface area contributed by atoms with Crippen molar-refractivity contribution in [2.75, 3.05) is 0 Å². The Labute approximate surface area is 123 Å². The molecule has 1 aromatic carbocycles. The van der Waals surface area contributed by atoms with E-state index in [4.69, 9.17) is 4.74 Å². The minimum atomic E-state index is 0.709. The molecule has 0 aliphatic rings. The van der Waals surface area contributed by atoms with Gasteiger partial charge in [-0.1, -0.05) is 29.5 Å². The van der Waals surface area contributed by atoms with Crippen molar-refractivity contribution < 1.29 is 4.74 Å². The lowest BCUT2D eigenvalue weighted by Crippen LogP contribution is -1.90. The van der Waals surface area contributed by atoms with Crippen molar-refractivity contribution in [1.29, 1.82) is 0 Å². The second kappa shape index (κ2) is 4.95. The van der Waals surface area contributed by atoms with Crippen molar-refractivity contribution in [3.05, 3.63) is 55.1 Å². The van der Waals surface area contributed by atoms with Crippen molar-refractivity contribution in [3.8, 4) is 22.1 Å². The van der Waals surface area contributed by atoms with Crippen molar-refractivity contribution >= 4 is 16.3 Å². The number of pyridine rings is 1. The van der Waals surface area contributed by atoms with Crippen LogP contribution in [0.3, 0.4) is 0 Å². The normalized spacial score (nSPS) is 10.9. The van der Waals surface area contributed by atoms with E-state index in [1.807, 2.05) is 36.4 Å². The maximum atomic E-state index is 5.92. The Kier molecular flexibility index (Phi) is 2.82. The average molecular weight is 295 g/mol. The summed E-state index contributed by atoms with van der Waals surface area (Å²) in [6.45, 7) is 0. The molecule has 0 aliphatic carbocycles.